The maximum absolute atomic E-state index is 9.02. The average molecular weight is 229 g/mol. The van der Waals surface area contributed by atoms with Gasteiger partial charge in [-0.3, -0.25) is 0 Å². The lowest BCUT2D eigenvalue weighted by molar-refractivity contribution is 0.151. The van der Waals surface area contributed by atoms with Crippen molar-refractivity contribution in [1.82, 2.24) is 5.32 Å². The van der Waals surface area contributed by atoms with Gasteiger partial charge in [-0.2, -0.15) is 5.26 Å². The lowest BCUT2D eigenvalue weighted by atomic mass is 9.68. The van der Waals surface area contributed by atoms with Crippen molar-refractivity contribution in [1.29, 1.82) is 5.26 Å². The van der Waals surface area contributed by atoms with E-state index in [9.17, 15) is 0 Å². The molecule has 1 fully saturated rings. The number of nitriles is 1. The smallest absolute Gasteiger partial charge is 0.101 e. The summed E-state index contributed by atoms with van der Waals surface area (Å²) in [6.45, 7) is 2.00. The number of nitrogens with zero attached hydrogens (tertiary/aromatic N) is 1. The van der Waals surface area contributed by atoms with E-state index in [2.05, 4.69) is 16.7 Å². The second-order valence-electron chi connectivity index (χ2n) is 4.89. The van der Waals surface area contributed by atoms with Gasteiger partial charge in [0.05, 0.1) is 11.3 Å². The van der Waals surface area contributed by atoms with Gasteiger partial charge in [0, 0.05) is 18.5 Å². The van der Waals surface area contributed by atoms with Crippen LogP contribution in [-0.2, 0) is 0 Å². The second kappa shape index (κ2) is 5.20. The van der Waals surface area contributed by atoms with E-state index in [0.29, 0.717) is 5.41 Å². The minimum absolute atomic E-state index is 0.386. The van der Waals surface area contributed by atoms with Crippen LogP contribution < -0.4 is 10.6 Å². The van der Waals surface area contributed by atoms with Crippen LogP contribution in [0.2, 0.25) is 0 Å². The van der Waals surface area contributed by atoms with Gasteiger partial charge in [0.25, 0.3) is 0 Å². The Hall–Kier alpha value is -1.53. The molecule has 3 heteroatoms. The summed E-state index contributed by atoms with van der Waals surface area (Å²) in [5.74, 6) is 0. The van der Waals surface area contributed by atoms with Crippen LogP contribution in [0.3, 0.4) is 0 Å². The molecule has 0 aromatic heterocycles. The first kappa shape index (κ1) is 11.9. The van der Waals surface area contributed by atoms with Crippen LogP contribution in [0.5, 0.6) is 0 Å². The van der Waals surface area contributed by atoms with Crippen LogP contribution in [0.25, 0.3) is 0 Å². The number of hydrogen-bond donors (Lipinski definition) is 2. The highest BCUT2D eigenvalue weighted by Gasteiger charge is 2.35. The highest BCUT2D eigenvalue weighted by atomic mass is 14.9. The molecule has 17 heavy (non-hydrogen) atoms. The molecule has 3 nitrogen and oxygen atoms in total. The number of hydrogen-bond acceptors (Lipinski definition) is 3. The van der Waals surface area contributed by atoms with E-state index >= 15 is 0 Å². The van der Waals surface area contributed by atoms with Gasteiger partial charge in [-0.05, 0) is 32.0 Å². The predicted molar refractivity (Wildman–Crippen MR) is 69.9 cm³/mol. The summed E-state index contributed by atoms with van der Waals surface area (Å²) in [5.41, 5.74) is 2.07. The Labute approximate surface area is 103 Å². The van der Waals surface area contributed by atoms with Crippen LogP contribution in [-0.4, -0.2) is 20.1 Å². The van der Waals surface area contributed by atoms with Crippen molar-refractivity contribution in [2.75, 3.05) is 25.5 Å². The van der Waals surface area contributed by atoms with Crippen LogP contribution in [0.4, 0.5) is 5.69 Å². The highest BCUT2D eigenvalue weighted by Crippen LogP contribution is 2.40. The van der Waals surface area contributed by atoms with Gasteiger partial charge >= 0.3 is 0 Å². The Balaban J connectivity index is 2.00. The second-order valence-corrected chi connectivity index (χ2v) is 4.89. The molecule has 90 valence electrons. The first-order chi connectivity index (χ1) is 8.29. The van der Waals surface area contributed by atoms with Crippen molar-refractivity contribution in [3.63, 3.8) is 0 Å². The number of para-hydroxylation sites is 1. The van der Waals surface area contributed by atoms with Crippen molar-refractivity contribution in [3.8, 4) is 6.07 Å². The summed E-state index contributed by atoms with van der Waals surface area (Å²) in [6.07, 6.45) is 3.87. The highest BCUT2D eigenvalue weighted by molar-refractivity contribution is 5.57. The van der Waals surface area contributed by atoms with Gasteiger partial charge in [0.15, 0.2) is 0 Å². The van der Waals surface area contributed by atoms with Crippen molar-refractivity contribution >= 4 is 5.69 Å². The summed E-state index contributed by atoms with van der Waals surface area (Å²) in [4.78, 5) is 0. The van der Waals surface area contributed by atoms with E-state index in [1.165, 1.54) is 19.3 Å². The quantitative estimate of drug-likeness (QED) is 0.815. The fourth-order valence-corrected chi connectivity index (χ4v) is 2.49. The lowest BCUT2D eigenvalue weighted by Gasteiger charge is -2.42. The zero-order valence-corrected chi connectivity index (χ0v) is 10.3. The Morgan fingerprint density at radius 3 is 2.65 bits per heavy atom. The molecule has 0 amide bonds. The molecular formula is C14H19N3. The molecular weight excluding hydrogens is 210 g/mol. The number of benzene rings is 1. The largest absolute Gasteiger partial charge is 0.383 e. The van der Waals surface area contributed by atoms with Crippen molar-refractivity contribution in [2.45, 2.75) is 19.3 Å². The molecule has 0 radical (unpaired) electrons. The van der Waals surface area contributed by atoms with E-state index < -0.39 is 0 Å². The van der Waals surface area contributed by atoms with E-state index in [4.69, 9.17) is 5.26 Å². The fourth-order valence-electron chi connectivity index (χ4n) is 2.49. The standard InChI is InChI=1S/C14H19N3/c1-16-10-14(7-4-8-14)11-17-13-6-3-2-5-12(13)9-15/h2-3,5-6,16-17H,4,7-8,10-11H2,1H3. The van der Waals surface area contributed by atoms with E-state index in [0.717, 1.165) is 24.3 Å². The van der Waals surface area contributed by atoms with Crippen LogP contribution in [0.1, 0.15) is 24.8 Å². The molecule has 0 unspecified atom stereocenters. The molecule has 1 aliphatic rings. The average Bonchev–Trinajstić information content (AvgIpc) is 2.33. The number of nitrogens with one attached hydrogen (secondary N) is 2. The maximum atomic E-state index is 9.02. The third-order valence-electron chi connectivity index (χ3n) is 3.67. The topological polar surface area (TPSA) is 47.8 Å². The molecule has 0 bridgehead atoms. The van der Waals surface area contributed by atoms with Crippen LogP contribution in [0, 0.1) is 16.7 Å². The fraction of sp³-hybridized carbons (Fsp3) is 0.500. The molecule has 0 saturated heterocycles. The third kappa shape index (κ3) is 2.59. The van der Waals surface area contributed by atoms with Gasteiger partial charge in [-0.1, -0.05) is 18.6 Å². The number of rotatable bonds is 5. The summed E-state index contributed by atoms with van der Waals surface area (Å²) in [6, 6.07) is 9.92. The van der Waals surface area contributed by atoms with Crippen molar-refractivity contribution < 1.29 is 0 Å². The zero-order chi connectivity index (χ0) is 12.1. The third-order valence-corrected chi connectivity index (χ3v) is 3.67. The molecule has 1 aromatic carbocycles. The van der Waals surface area contributed by atoms with Gasteiger partial charge in [0.2, 0.25) is 0 Å². The lowest BCUT2D eigenvalue weighted by Crippen LogP contribution is -2.44. The number of anilines is 1. The maximum Gasteiger partial charge on any atom is 0.101 e. The predicted octanol–water partition coefficient (Wildman–Crippen LogP) is 2.36. The molecule has 0 aliphatic heterocycles. The van der Waals surface area contributed by atoms with E-state index in [-0.39, 0.29) is 0 Å². The SMILES string of the molecule is CNCC1(CNc2ccccc2C#N)CCC1. The monoisotopic (exact) mass is 229 g/mol. The minimum Gasteiger partial charge on any atom is -0.383 e. The summed E-state index contributed by atoms with van der Waals surface area (Å²) in [7, 11) is 2.00. The van der Waals surface area contributed by atoms with Gasteiger partial charge in [-0.15, -0.1) is 0 Å². The van der Waals surface area contributed by atoms with Gasteiger partial charge in [0.1, 0.15) is 6.07 Å². The molecule has 0 atom stereocenters. The summed E-state index contributed by atoms with van der Waals surface area (Å²) < 4.78 is 0. The first-order valence-corrected chi connectivity index (χ1v) is 6.17. The Morgan fingerprint density at radius 1 is 1.29 bits per heavy atom. The minimum atomic E-state index is 0.386. The molecule has 2 N–H and O–H groups in total. The van der Waals surface area contributed by atoms with E-state index in [1.54, 1.807) is 0 Å². The van der Waals surface area contributed by atoms with Crippen LogP contribution >= 0.6 is 0 Å². The van der Waals surface area contributed by atoms with E-state index in [1.807, 2.05) is 31.3 Å². The molecule has 0 spiro atoms. The summed E-state index contributed by atoms with van der Waals surface area (Å²) in [5, 5.41) is 15.7. The van der Waals surface area contributed by atoms with Gasteiger partial charge in [-0.25, -0.2) is 0 Å². The normalized spacial score (nSPS) is 16.9. The molecule has 2 rings (SSSR count). The van der Waals surface area contributed by atoms with Crippen molar-refractivity contribution in [2.24, 2.45) is 5.41 Å². The molecule has 1 aliphatic carbocycles. The molecule has 1 aromatic rings. The summed E-state index contributed by atoms with van der Waals surface area (Å²) >= 11 is 0. The zero-order valence-electron chi connectivity index (χ0n) is 10.3. The first-order valence-electron chi connectivity index (χ1n) is 6.17. The Kier molecular flexibility index (Phi) is 3.65. The Bertz CT molecular complexity index is 416. The molecule has 1 saturated carbocycles. The molecule has 0 heterocycles. The van der Waals surface area contributed by atoms with Crippen molar-refractivity contribution in [3.05, 3.63) is 29.8 Å². The Morgan fingerprint density at radius 2 is 2.06 bits per heavy atom. The van der Waals surface area contributed by atoms with Gasteiger partial charge < -0.3 is 10.6 Å². The van der Waals surface area contributed by atoms with Crippen LogP contribution in [0.15, 0.2) is 24.3 Å².